The van der Waals surface area contributed by atoms with Gasteiger partial charge in [0.25, 0.3) is 0 Å². The number of fused-ring (bicyclic) bond motifs is 5. The quantitative estimate of drug-likeness (QED) is 0.482. The molecule has 4 heteroatoms. The third-order valence-electron chi connectivity index (χ3n) is 3.10. The Kier molecular flexibility index (Phi) is 1.85. The van der Waals surface area contributed by atoms with Crippen LogP contribution in [0.3, 0.4) is 0 Å². The Balaban J connectivity index is 2.40. The van der Waals surface area contributed by atoms with Gasteiger partial charge in [0.1, 0.15) is 4.83 Å². The average molecular weight is 252 g/mol. The highest BCUT2D eigenvalue weighted by Crippen LogP contribution is 2.26. The molecule has 0 aliphatic heterocycles. The lowest BCUT2D eigenvalue weighted by Gasteiger charge is -1.99. The van der Waals surface area contributed by atoms with Crippen molar-refractivity contribution in [2.45, 2.75) is 0 Å². The van der Waals surface area contributed by atoms with Gasteiger partial charge in [0, 0.05) is 23.0 Å². The molecule has 0 amide bonds. The maximum absolute atomic E-state index is 12.1. The van der Waals surface area contributed by atoms with Crippen molar-refractivity contribution < 1.29 is 0 Å². The summed E-state index contributed by atoms with van der Waals surface area (Å²) in [5.41, 5.74) is 1.95. The molecule has 0 saturated carbocycles. The summed E-state index contributed by atoms with van der Waals surface area (Å²) < 4.78 is 2.08. The first-order chi connectivity index (χ1) is 8.84. The summed E-state index contributed by atoms with van der Waals surface area (Å²) >= 11 is 1.57. The minimum atomic E-state index is 0.0640. The molecule has 4 aromatic rings. The second kappa shape index (κ2) is 3.40. The van der Waals surface area contributed by atoms with Gasteiger partial charge in [-0.2, -0.15) is 0 Å². The second-order valence-corrected chi connectivity index (χ2v) is 5.09. The van der Waals surface area contributed by atoms with E-state index in [1.807, 2.05) is 36.4 Å². The maximum Gasteiger partial charge on any atom is 0.190 e. The van der Waals surface area contributed by atoms with Gasteiger partial charge >= 0.3 is 0 Å². The Labute approximate surface area is 106 Å². The van der Waals surface area contributed by atoms with Gasteiger partial charge in [-0.3, -0.25) is 8.58 Å². The number of hydrogen-bond acceptors (Lipinski definition) is 3. The molecule has 86 valence electrons. The SMILES string of the molecule is O=c1cc2c3cccnc3sn2c2ccccc12. The van der Waals surface area contributed by atoms with Gasteiger partial charge in [-0.15, -0.1) is 0 Å². The van der Waals surface area contributed by atoms with Crippen LogP contribution < -0.4 is 5.43 Å². The van der Waals surface area contributed by atoms with E-state index in [-0.39, 0.29) is 5.43 Å². The van der Waals surface area contributed by atoms with Crippen LogP contribution in [0.2, 0.25) is 0 Å². The number of aromatic nitrogens is 2. The van der Waals surface area contributed by atoms with Gasteiger partial charge in [-0.25, -0.2) is 4.98 Å². The van der Waals surface area contributed by atoms with E-state index in [1.165, 1.54) is 0 Å². The van der Waals surface area contributed by atoms with E-state index in [9.17, 15) is 4.79 Å². The van der Waals surface area contributed by atoms with Crippen LogP contribution in [0.1, 0.15) is 0 Å². The van der Waals surface area contributed by atoms with Crippen molar-refractivity contribution in [1.82, 2.24) is 8.77 Å². The Bertz CT molecular complexity index is 952. The fourth-order valence-electron chi connectivity index (χ4n) is 2.28. The molecule has 3 heterocycles. The first-order valence-electron chi connectivity index (χ1n) is 5.63. The van der Waals surface area contributed by atoms with Gasteiger partial charge in [-0.05, 0) is 35.8 Å². The molecule has 0 unspecified atom stereocenters. The van der Waals surface area contributed by atoms with E-state index in [1.54, 1.807) is 23.8 Å². The van der Waals surface area contributed by atoms with E-state index in [0.717, 1.165) is 26.6 Å². The lowest BCUT2D eigenvalue weighted by Crippen LogP contribution is -2.01. The van der Waals surface area contributed by atoms with Crippen LogP contribution in [0.25, 0.3) is 26.6 Å². The van der Waals surface area contributed by atoms with Crippen molar-refractivity contribution in [2.75, 3.05) is 0 Å². The maximum atomic E-state index is 12.1. The van der Waals surface area contributed by atoms with Gasteiger partial charge in [0.2, 0.25) is 0 Å². The molecule has 0 spiro atoms. The van der Waals surface area contributed by atoms with Gasteiger partial charge in [0.15, 0.2) is 5.43 Å². The molecule has 0 bridgehead atoms. The fraction of sp³-hybridized carbons (Fsp3) is 0. The zero-order valence-corrected chi connectivity index (χ0v) is 10.1. The van der Waals surface area contributed by atoms with Crippen LogP contribution in [-0.4, -0.2) is 8.77 Å². The molecule has 3 nitrogen and oxygen atoms in total. The van der Waals surface area contributed by atoms with Crippen molar-refractivity contribution in [3.05, 3.63) is 58.9 Å². The van der Waals surface area contributed by atoms with Crippen LogP contribution in [-0.2, 0) is 0 Å². The summed E-state index contributed by atoms with van der Waals surface area (Å²) in [4.78, 5) is 17.4. The summed E-state index contributed by atoms with van der Waals surface area (Å²) in [6, 6.07) is 13.3. The second-order valence-electron chi connectivity index (χ2n) is 4.15. The number of nitrogens with zero attached hydrogens (tertiary/aromatic N) is 2. The average Bonchev–Trinajstić information content (AvgIpc) is 2.78. The minimum Gasteiger partial charge on any atom is -0.289 e. The molecule has 1 aromatic carbocycles. The third-order valence-corrected chi connectivity index (χ3v) is 4.17. The fourth-order valence-corrected chi connectivity index (χ4v) is 3.34. The molecular weight excluding hydrogens is 244 g/mol. The van der Waals surface area contributed by atoms with E-state index in [2.05, 4.69) is 8.77 Å². The normalized spacial score (nSPS) is 11.6. The molecule has 0 atom stereocenters. The van der Waals surface area contributed by atoms with Crippen LogP contribution >= 0.6 is 11.5 Å². The monoisotopic (exact) mass is 252 g/mol. The summed E-state index contributed by atoms with van der Waals surface area (Å²) in [7, 11) is 0. The number of para-hydroxylation sites is 1. The molecule has 0 fully saturated rings. The standard InChI is InChI=1S/C14H8N2OS/c17-13-8-12-10-5-3-7-15-14(10)18-16(12)11-6-2-1-4-9(11)13/h1-8H. The molecule has 0 radical (unpaired) electrons. The van der Waals surface area contributed by atoms with E-state index >= 15 is 0 Å². The number of hydrogen-bond donors (Lipinski definition) is 0. The predicted octanol–water partition coefficient (Wildman–Crippen LogP) is 3.06. The Morgan fingerprint density at radius 1 is 1.00 bits per heavy atom. The Morgan fingerprint density at radius 3 is 2.78 bits per heavy atom. The number of pyridine rings is 2. The highest BCUT2D eigenvalue weighted by molar-refractivity contribution is 7.14. The minimum absolute atomic E-state index is 0.0640. The third kappa shape index (κ3) is 1.18. The zero-order chi connectivity index (χ0) is 12.1. The van der Waals surface area contributed by atoms with Crippen LogP contribution in [0.4, 0.5) is 0 Å². The molecule has 0 aliphatic rings. The van der Waals surface area contributed by atoms with Gasteiger partial charge < -0.3 is 0 Å². The van der Waals surface area contributed by atoms with Crippen molar-refractivity contribution in [1.29, 1.82) is 0 Å². The summed E-state index contributed by atoms with van der Waals surface area (Å²) in [5, 5.41) is 1.78. The van der Waals surface area contributed by atoms with Crippen molar-refractivity contribution in [3.63, 3.8) is 0 Å². The van der Waals surface area contributed by atoms with E-state index in [4.69, 9.17) is 0 Å². The van der Waals surface area contributed by atoms with Crippen LogP contribution in [0.5, 0.6) is 0 Å². The smallest absolute Gasteiger partial charge is 0.190 e. The largest absolute Gasteiger partial charge is 0.289 e. The first-order valence-corrected chi connectivity index (χ1v) is 6.40. The number of benzene rings is 1. The lowest BCUT2D eigenvalue weighted by atomic mass is 10.2. The van der Waals surface area contributed by atoms with Crippen molar-refractivity contribution >= 4 is 38.2 Å². The van der Waals surface area contributed by atoms with Crippen molar-refractivity contribution in [2.24, 2.45) is 0 Å². The summed E-state index contributed by atoms with van der Waals surface area (Å²) in [6.07, 6.45) is 1.78. The molecule has 0 N–H and O–H groups in total. The Hall–Kier alpha value is -2.20. The van der Waals surface area contributed by atoms with Crippen molar-refractivity contribution in [3.8, 4) is 0 Å². The van der Waals surface area contributed by atoms with Crippen LogP contribution in [0, 0.1) is 0 Å². The van der Waals surface area contributed by atoms with E-state index < -0.39 is 0 Å². The lowest BCUT2D eigenvalue weighted by molar-refractivity contribution is 1.41. The molecule has 18 heavy (non-hydrogen) atoms. The summed E-state index contributed by atoms with van der Waals surface area (Å²) in [6.45, 7) is 0. The molecule has 0 saturated heterocycles. The van der Waals surface area contributed by atoms with Crippen LogP contribution in [0.15, 0.2) is 53.5 Å². The predicted molar refractivity (Wildman–Crippen MR) is 74.4 cm³/mol. The number of rotatable bonds is 0. The van der Waals surface area contributed by atoms with E-state index in [0.29, 0.717) is 0 Å². The molecule has 4 rings (SSSR count). The highest BCUT2D eigenvalue weighted by Gasteiger charge is 2.09. The zero-order valence-electron chi connectivity index (χ0n) is 9.33. The molecule has 0 aliphatic carbocycles. The first kappa shape index (κ1) is 9.79. The van der Waals surface area contributed by atoms with Gasteiger partial charge in [0.05, 0.1) is 11.0 Å². The van der Waals surface area contributed by atoms with Gasteiger partial charge in [-0.1, -0.05) is 12.1 Å². The molecule has 3 aromatic heterocycles. The summed E-state index contributed by atoms with van der Waals surface area (Å²) in [5.74, 6) is 0. The highest BCUT2D eigenvalue weighted by atomic mass is 32.1. The molecular formula is C14H8N2OS. The topological polar surface area (TPSA) is 34.4 Å². The Morgan fingerprint density at radius 2 is 1.83 bits per heavy atom.